The van der Waals surface area contributed by atoms with E-state index in [1.807, 2.05) is 0 Å². The van der Waals surface area contributed by atoms with E-state index in [2.05, 4.69) is 15.4 Å². The number of H-pyrrole nitrogens is 1. The van der Waals surface area contributed by atoms with Crippen LogP contribution in [0.2, 0.25) is 0 Å². The Morgan fingerprint density at radius 2 is 2.09 bits per heavy atom. The summed E-state index contributed by atoms with van der Waals surface area (Å²) in [7, 11) is 0. The molecule has 3 aromatic rings. The number of hydrogen-bond acceptors (Lipinski definition) is 5. The van der Waals surface area contributed by atoms with E-state index in [0.717, 1.165) is 5.69 Å². The van der Waals surface area contributed by atoms with Gasteiger partial charge >= 0.3 is 5.63 Å². The lowest BCUT2D eigenvalue weighted by Gasteiger charge is -2.25. The van der Waals surface area contributed by atoms with Gasteiger partial charge in [0.15, 0.2) is 0 Å². The Labute approximate surface area is 128 Å². The minimum absolute atomic E-state index is 0.116. The molecule has 1 amide bonds. The van der Waals surface area contributed by atoms with E-state index < -0.39 is 17.3 Å². The lowest BCUT2D eigenvalue weighted by molar-refractivity contribution is 0.0727. The molecule has 1 aliphatic heterocycles. The van der Waals surface area contributed by atoms with Crippen LogP contribution in [0.5, 0.6) is 0 Å². The van der Waals surface area contributed by atoms with Crippen molar-refractivity contribution in [3.63, 3.8) is 0 Å². The van der Waals surface area contributed by atoms with Crippen molar-refractivity contribution < 1.29 is 13.6 Å². The van der Waals surface area contributed by atoms with Crippen LogP contribution in [0.3, 0.4) is 0 Å². The van der Waals surface area contributed by atoms with Gasteiger partial charge in [-0.15, -0.1) is 0 Å². The summed E-state index contributed by atoms with van der Waals surface area (Å²) in [6.07, 6.45) is 0.561. The maximum absolute atomic E-state index is 13.3. The van der Waals surface area contributed by atoms with Crippen molar-refractivity contribution in [1.82, 2.24) is 20.3 Å². The van der Waals surface area contributed by atoms with E-state index in [9.17, 15) is 14.0 Å². The van der Waals surface area contributed by atoms with Gasteiger partial charge in [0.1, 0.15) is 22.7 Å². The highest BCUT2D eigenvalue weighted by Crippen LogP contribution is 2.19. The largest absolute Gasteiger partial charge is 0.422 e. The normalized spacial score (nSPS) is 14.0. The molecule has 0 saturated carbocycles. The predicted molar refractivity (Wildman–Crippen MR) is 77.3 cm³/mol. The second-order valence-electron chi connectivity index (χ2n) is 5.32. The molecule has 0 radical (unpaired) electrons. The number of amides is 1. The molecular weight excluding hydrogens is 303 g/mol. The van der Waals surface area contributed by atoms with Crippen LogP contribution < -0.4 is 5.63 Å². The number of nitrogens with zero attached hydrogens (tertiary/aromatic N) is 3. The number of aromatic amines is 1. The number of hydrogen-bond donors (Lipinski definition) is 1. The van der Waals surface area contributed by atoms with Crippen molar-refractivity contribution in [2.45, 2.75) is 13.0 Å². The van der Waals surface area contributed by atoms with E-state index in [4.69, 9.17) is 4.42 Å². The molecule has 8 heteroatoms. The van der Waals surface area contributed by atoms with Crippen molar-refractivity contribution >= 4 is 16.9 Å². The van der Waals surface area contributed by atoms with Crippen LogP contribution >= 0.6 is 0 Å². The van der Waals surface area contributed by atoms with E-state index in [0.29, 0.717) is 24.0 Å². The summed E-state index contributed by atoms with van der Waals surface area (Å²) in [5.74, 6) is -0.923. The summed E-state index contributed by atoms with van der Waals surface area (Å²) in [5, 5.41) is 10.9. The summed E-state index contributed by atoms with van der Waals surface area (Å²) < 4.78 is 18.4. The Morgan fingerprint density at radius 3 is 2.96 bits per heavy atom. The lowest BCUT2D eigenvalue weighted by Crippen LogP contribution is -2.38. The Bertz CT molecular complexity index is 978. The first-order valence-corrected chi connectivity index (χ1v) is 7.03. The van der Waals surface area contributed by atoms with Gasteiger partial charge in [-0.25, -0.2) is 9.18 Å². The molecule has 1 aliphatic rings. The molecule has 116 valence electrons. The fourth-order valence-corrected chi connectivity index (χ4v) is 2.69. The summed E-state index contributed by atoms with van der Waals surface area (Å²) in [6.45, 7) is 0.699. The molecule has 0 atom stereocenters. The number of fused-ring (bicyclic) bond motifs is 2. The molecule has 0 saturated heterocycles. The van der Waals surface area contributed by atoms with E-state index in [1.165, 1.54) is 29.2 Å². The highest BCUT2D eigenvalue weighted by atomic mass is 19.1. The second kappa shape index (κ2) is 5.01. The molecule has 4 rings (SSSR count). The van der Waals surface area contributed by atoms with Crippen LogP contribution in [0.4, 0.5) is 4.39 Å². The van der Waals surface area contributed by atoms with Gasteiger partial charge in [-0.05, 0) is 24.3 Å². The fraction of sp³-hybridized carbons (Fsp3) is 0.200. The lowest BCUT2D eigenvalue weighted by atomic mass is 10.1. The number of halogens is 1. The molecule has 3 heterocycles. The van der Waals surface area contributed by atoms with E-state index >= 15 is 0 Å². The first-order chi connectivity index (χ1) is 11.1. The Morgan fingerprint density at radius 1 is 1.26 bits per heavy atom. The molecule has 7 nitrogen and oxygen atoms in total. The van der Waals surface area contributed by atoms with Gasteiger partial charge in [0.25, 0.3) is 5.91 Å². The van der Waals surface area contributed by atoms with E-state index in [1.54, 1.807) is 0 Å². The van der Waals surface area contributed by atoms with Crippen LogP contribution in [0, 0.1) is 5.82 Å². The Hall–Kier alpha value is -3.03. The standard InChI is InChI=1S/C15H11FN4O3/c16-9-1-2-13-8(5-9)6-10(15(22)23-13)14(21)20-4-3-11-12(7-20)18-19-17-11/h1-2,5-6H,3-4,7H2,(H,17,18,19). The number of aromatic nitrogens is 3. The van der Waals surface area contributed by atoms with Gasteiger partial charge in [0.05, 0.1) is 12.2 Å². The summed E-state index contributed by atoms with van der Waals surface area (Å²) in [4.78, 5) is 26.2. The minimum Gasteiger partial charge on any atom is -0.422 e. The molecule has 0 spiro atoms. The number of carbonyl (C=O) groups is 1. The van der Waals surface area contributed by atoms with Crippen LogP contribution in [0.1, 0.15) is 21.7 Å². The molecular formula is C15H11FN4O3. The monoisotopic (exact) mass is 314 g/mol. The smallest absolute Gasteiger partial charge is 0.349 e. The zero-order valence-corrected chi connectivity index (χ0v) is 11.9. The quantitative estimate of drug-likeness (QED) is 0.682. The van der Waals surface area contributed by atoms with Gasteiger partial charge in [-0.1, -0.05) is 0 Å². The summed E-state index contributed by atoms with van der Waals surface area (Å²) in [6, 6.07) is 5.15. The Kier molecular flexibility index (Phi) is 2.97. The third-order valence-corrected chi connectivity index (χ3v) is 3.87. The molecule has 0 unspecified atom stereocenters. The van der Waals surface area contributed by atoms with Crippen molar-refractivity contribution in [2.75, 3.05) is 6.54 Å². The first-order valence-electron chi connectivity index (χ1n) is 7.03. The van der Waals surface area contributed by atoms with Crippen LogP contribution in [-0.4, -0.2) is 32.8 Å². The minimum atomic E-state index is -0.736. The SMILES string of the molecule is O=C(c1cc2cc(F)ccc2oc1=O)N1CCc2n[nH]nc2C1. The highest BCUT2D eigenvalue weighted by Gasteiger charge is 2.26. The number of nitrogens with one attached hydrogen (secondary N) is 1. The van der Waals surface area contributed by atoms with Crippen molar-refractivity contribution in [3.8, 4) is 0 Å². The third kappa shape index (κ3) is 2.28. The Balaban J connectivity index is 1.72. The third-order valence-electron chi connectivity index (χ3n) is 3.87. The number of carbonyl (C=O) groups excluding carboxylic acids is 1. The van der Waals surface area contributed by atoms with Crippen molar-refractivity contribution in [2.24, 2.45) is 0 Å². The first kappa shape index (κ1) is 13.6. The van der Waals surface area contributed by atoms with Crippen LogP contribution in [0.25, 0.3) is 11.0 Å². The summed E-state index contributed by atoms with van der Waals surface area (Å²) in [5.41, 5.74) is 0.892. The van der Waals surface area contributed by atoms with Crippen molar-refractivity contribution in [1.29, 1.82) is 0 Å². The fourth-order valence-electron chi connectivity index (χ4n) is 2.69. The van der Waals surface area contributed by atoms with Crippen LogP contribution in [0.15, 0.2) is 33.5 Å². The maximum atomic E-state index is 13.3. The van der Waals surface area contributed by atoms with Crippen LogP contribution in [-0.2, 0) is 13.0 Å². The highest BCUT2D eigenvalue weighted by molar-refractivity contribution is 5.96. The molecule has 23 heavy (non-hydrogen) atoms. The van der Waals surface area contributed by atoms with Gasteiger partial charge < -0.3 is 9.32 Å². The molecule has 0 fully saturated rings. The molecule has 1 N–H and O–H groups in total. The molecule has 1 aromatic carbocycles. The zero-order valence-electron chi connectivity index (χ0n) is 11.9. The molecule has 2 aromatic heterocycles. The molecule has 0 bridgehead atoms. The topological polar surface area (TPSA) is 92.1 Å². The summed E-state index contributed by atoms with van der Waals surface area (Å²) >= 11 is 0. The van der Waals surface area contributed by atoms with Gasteiger partial charge in [0, 0.05) is 18.4 Å². The predicted octanol–water partition coefficient (Wildman–Crippen LogP) is 1.25. The van der Waals surface area contributed by atoms with Crippen molar-refractivity contribution in [3.05, 3.63) is 57.5 Å². The van der Waals surface area contributed by atoms with Gasteiger partial charge in [-0.3, -0.25) is 4.79 Å². The maximum Gasteiger partial charge on any atom is 0.349 e. The molecule has 0 aliphatic carbocycles. The second-order valence-corrected chi connectivity index (χ2v) is 5.32. The number of benzene rings is 1. The average Bonchev–Trinajstić information content (AvgIpc) is 3.01. The zero-order chi connectivity index (χ0) is 16.0. The average molecular weight is 314 g/mol. The van der Waals surface area contributed by atoms with Gasteiger partial charge in [-0.2, -0.15) is 15.4 Å². The number of rotatable bonds is 1. The van der Waals surface area contributed by atoms with E-state index in [-0.39, 0.29) is 17.7 Å². The van der Waals surface area contributed by atoms with Gasteiger partial charge in [0.2, 0.25) is 0 Å².